The van der Waals surface area contributed by atoms with Gasteiger partial charge in [0.15, 0.2) is 0 Å². The number of ether oxygens (including phenoxy) is 1. The number of esters is 1. The number of carbonyl (C=O) groups excluding carboxylic acids is 2. The fourth-order valence-corrected chi connectivity index (χ4v) is 3.95. The van der Waals surface area contributed by atoms with E-state index < -0.39 is 5.97 Å². The molecule has 124 valence electrons. The second kappa shape index (κ2) is 6.83. The van der Waals surface area contributed by atoms with Gasteiger partial charge in [-0.1, -0.05) is 23.7 Å². The number of hydrogen-bond donors (Lipinski definition) is 0. The Hall–Kier alpha value is -2.05. The lowest BCUT2D eigenvalue weighted by molar-refractivity contribution is -0.115. The molecule has 2 aromatic carbocycles. The molecule has 1 saturated heterocycles. The van der Waals surface area contributed by atoms with E-state index in [1.807, 2.05) is 0 Å². The van der Waals surface area contributed by atoms with Crippen molar-refractivity contribution in [1.29, 1.82) is 0 Å². The molecule has 1 aliphatic heterocycles. The summed E-state index contributed by atoms with van der Waals surface area (Å²) in [4.78, 5) is 25.5. The maximum Gasteiger partial charge on any atom is 0.337 e. The molecule has 1 unspecified atom stereocenters. The molecule has 1 fully saturated rings. The first kappa shape index (κ1) is 16.8. The van der Waals surface area contributed by atoms with Crippen LogP contribution in [0.15, 0.2) is 42.5 Å². The smallest absolute Gasteiger partial charge is 0.337 e. The van der Waals surface area contributed by atoms with Crippen LogP contribution >= 0.6 is 23.4 Å². The Balaban J connectivity index is 1.98. The highest BCUT2D eigenvalue weighted by molar-refractivity contribution is 8.00. The number of rotatable bonds is 3. The highest BCUT2D eigenvalue weighted by Crippen LogP contribution is 2.44. The van der Waals surface area contributed by atoms with Gasteiger partial charge in [0, 0.05) is 0 Å². The normalized spacial score (nSPS) is 17.2. The minimum Gasteiger partial charge on any atom is -0.465 e. The van der Waals surface area contributed by atoms with Crippen molar-refractivity contribution in [2.75, 3.05) is 17.8 Å². The summed E-state index contributed by atoms with van der Waals surface area (Å²) in [6.07, 6.45) is 0. The Kier molecular flexibility index (Phi) is 4.78. The van der Waals surface area contributed by atoms with Crippen LogP contribution < -0.4 is 4.90 Å². The second-order valence-electron chi connectivity index (χ2n) is 5.14. The Morgan fingerprint density at radius 3 is 2.62 bits per heavy atom. The quantitative estimate of drug-likeness (QED) is 0.770. The lowest BCUT2D eigenvalue weighted by Crippen LogP contribution is -2.28. The number of halogens is 2. The third-order valence-electron chi connectivity index (χ3n) is 3.65. The van der Waals surface area contributed by atoms with Gasteiger partial charge in [-0.3, -0.25) is 9.69 Å². The maximum absolute atomic E-state index is 13.1. The van der Waals surface area contributed by atoms with Crippen molar-refractivity contribution in [2.45, 2.75) is 5.37 Å². The summed E-state index contributed by atoms with van der Waals surface area (Å²) in [6.45, 7) is 0. The highest BCUT2D eigenvalue weighted by atomic mass is 35.5. The van der Waals surface area contributed by atoms with Crippen LogP contribution in [0.4, 0.5) is 10.1 Å². The van der Waals surface area contributed by atoms with Crippen molar-refractivity contribution in [2.24, 2.45) is 0 Å². The van der Waals surface area contributed by atoms with Crippen molar-refractivity contribution in [3.05, 3.63) is 64.4 Å². The lowest BCUT2D eigenvalue weighted by atomic mass is 10.1. The largest absolute Gasteiger partial charge is 0.465 e. The van der Waals surface area contributed by atoms with Gasteiger partial charge < -0.3 is 4.74 Å². The van der Waals surface area contributed by atoms with E-state index in [9.17, 15) is 14.0 Å². The molecule has 0 spiro atoms. The fourth-order valence-electron chi connectivity index (χ4n) is 2.51. The van der Waals surface area contributed by atoms with Gasteiger partial charge in [0.1, 0.15) is 11.2 Å². The van der Waals surface area contributed by atoms with E-state index in [-0.39, 0.29) is 22.1 Å². The number of hydrogen-bond acceptors (Lipinski definition) is 4. The van der Waals surface area contributed by atoms with E-state index in [2.05, 4.69) is 4.74 Å². The number of anilines is 1. The predicted octanol–water partition coefficient (Wildman–Crippen LogP) is 4.04. The predicted molar refractivity (Wildman–Crippen MR) is 91.9 cm³/mol. The standard InChI is InChI=1S/C17H13ClFNO3S/c1-23-17(22)11-4-7-14(13(18)8-11)20-15(21)9-24-16(20)10-2-5-12(19)6-3-10/h2-8,16H,9H2,1H3. The molecule has 0 N–H and O–H groups in total. The molecule has 2 aromatic rings. The molecule has 1 amide bonds. The summed E-state index contributed by atoms with van der Waals surface area (Å²) >= 11 is 7.72. The number of methoxy groups -OCH3 is 1. The first-order valence-electron chi connectivity index (χ1n) is 7.08. The van der Waals surface area contributed by atoms with Crippen molar-refractivity contribution in [3.63, 3.8) is 0 Å². The molecular weight excluding hydrogens is 353 g/mol. The molecule has 4 nitrogen and oxygen atoms in total. The molecule has 1 atom stereocenters. The van der Waals surface area contributed by atoms with Crippen LogP contribution in [-0.2, 0) is 9.53 Å². The number of nitrogens with zero attached hydrogens (tertiary/aromatic N) is 1. The van der Waals surface area contributed by atoms with Crippen molar-refractivity contribution < 1.29 is 18.7 Å². The summed E-state index contributed by atoms with van der Waals surface area (Å²) in [5.41, 5.74) is 1.62. The van der Waals surface area contributed by atoms with Gasteiger partial charge in [-0.2, -0.15) is 0 Å². The van der Waals surface area contributed by atoms with Gasteiger partial charge in [-0.25, -0.2) is 9.18 Å². The third-order valence-corrected chi connectivity index (χ3v) is 5.17. The third kappa shape index (κ3) is 3.12. The minimum absolute atomic E-state index is 0.0953. The zero-order valence-electron chi connectivity index (χ0n) is 12.7. The van der Waals surface area contributed by atoms with Crippen molar-refractivity contribution in [1.82, 2.24) is 0 Å². The average Bonchev–Trinajstić information content (AvgIpc) is 2.96. The average molecular weight is 366 g/mol. The van der Waals surface area contributed by atoms with Crippen LogP contribution in [0.5, 0.6) is 0 Å². The van der Waals surface area contributed by atoms with Gasteiger partial charge in [-0.05, 0) is 35.9 Å². The van der Waals surface area contributed by atoms with Crippen molar-refractivity contribution in [3.8, 4) is 0 Å². The lowest BCUT2D eigenvalue weighted by Gasteiger charge is -2.25. The Labute approximate surface area is 147 Å². The summed E-state index contributed by atoms with van der Waals surface area (Å²) in [6, 6.07) is 10.7. The number of amides is 1. The Morgan fingerprint density at radius 2 is 2.00 bits per heavy atom. The summed E-state index contributed by atoms with van der Waals surface area (Å²) < 4.78 is 17.8. The Bertz CT molecular complexity index is 797. The van der Waals surface area contributed by atoms with Crippen molar-refractivity contribution >= 4 is 40.9 Å². The molecule has 7 heteroatoms. The number of carbonyl (C=O) groups is 2. The molecular formula is C17H13ClFNO3S. The van der Waals surface area contributed by atoms with Gasteiger partial charge in [0.05, 0.1) is 29.1 Å². The monoisotopic (exact) mass is 365 g/mol. The van der Waals surface area contributed by atoms with Gasteiger partial charge >= 0.3 is 5.97 Å². The van der Waals surface area contributed by atoms with E-state index in [1.165, 1.54) is 37.1 Å². The van der Waals surface area contributed by atoms with Gasteiger partial charge in [0.2, 0.25) is 5.91 Å². The molecule has 0 bridgehead atoms. The molecule has 3 rings (SSSR count). The highest BCUT2D eigenvalue weighted by Gasteiger charge is 2.35. The molecule has 0 radical (unpaired) electrons. The first-order valence-corrected chi connectivity index (χ1v) is 8.51. The van der Waals surface area contributed by atoms with E-state index in [4.69, 9.17) is 11.6 Å². The van der Waals surface area contributed by atoms with Crippen LogP contribution in [0.25, 0.3) is 0 Å². The van der Waals surface area contributed by atoms with E-state index >= 15 is 0 Å². The SMILES string of the molecule is COC(=O)c1ccc(N2C(=O)CSC2c2ccc(F)cc2)c(Cl)c1. The van der Waals surface area contributed by atoms with Crippen LogP contribution in [0.2, 0.25) is 5.02 Å². The number of thioether (sulfide) groups is 1. The first-order chi connectivity index (χ1) is 11.5. The zero-order valence-corrected chi connectivity index (χ0v) is 14.2. The van der Waals surface area contributed by atoms with Gasteiger partial charge in [-0.15, -0.1) is 11.8 Å². The van der Waals surface area contributed by atoms with E-state index in [0.29, 0.717) is 17.0 Å². The summed E-state index contributed by atoms with van der Waals surface area (Å²) in [5, 5.41) is -0.0135. The van der Waals surface area contributed by atoms with E-state index in [0.717, 1.165) is 5.56 Å². The zero-order chi connectivity index (χ0) is 17.3. The summed E-state index contributed by atoms with van der Waals surface area (Å²) in [5.74, 6) is -0.625. The van der Waals surface area contributed by atoms with Gasteiger partial charge in [0.25, 0.3) is 0 Å². The Morgan fingerprint density at radius 1 is 1.29 bits per heavy atom. The molecule has 0 aromatic heterocycles. The molecule has 24 heavy (non-hydrogen) atoms. The van der Waals surface area contributed by atoms with Crippen LogP contribution in [-0.4, -0.2) is 24.7 Å². The topological polar surface area (TPSA) is 46.6 Å². The number of benzene rings is 2. The molecule has 1 aliphatic rings. The van der Waals surface area contributed by atoms with E-state index in [1.54, 1.807) is 29.2 Å². The second-order valence-corrected chi connectivity index (χ2v) is 6.61. The van der Waals surface area contributed by atoms with Crippen LogP contribution in [0, 0.1) is 5.82 Å². The molecule has 0 saturated carbocycles. The van der Waals surface area contributed by atoms with Crippen LogP contribution in [0.3, 0.4) is 0 Å². The summed E-state index contributed by atoms with van der Waals surface area (Å²) in [7, 11) is 1.29. The minimum atomic E-state index is -0.499. The van der Waals surface area contributed by atoms with Crippen LogP contribution in [0.1, 0.15) is 21.3 Å². The molecule has 0 aliphatic carbocycles. The fraction of sp³-hybridized carbons (Fsp3) is 0.176. The maximum atomic E-state index is 13.1. The molecule has 1 heterocycles.